The third kappa shape index (κ3) is 2.49. The van der Waals surface area contributed by atoms with Gasteiger partial charge in [-0.05, 0) is 43.9 Å². The molecule has 102 valence electrons. The van der Waals surface area contributed by atoms with Crippen molar-refractivity contribution in [3.63, 3.8) is 0 Å². The maximum atomic E-state index is 4.88. The molecule has 0 saturated carbocycles. The van der Waals surface area contributed by atoms with E-state index in [0.29, 0.717) is 0 Å². The van der Waals surface area contributed by atoms with Crippen LogP contribution in [0, 0.1) is 20.8 Å². The lowest BCUT2D eigenvalue weighted by atomic mass is 9.80. The van der Waals surface area contributed by atoms with E-state index >= 15 is 0 Å². The average Bonchev–Trinajstić information content (AvgIpc) is 2.42. The molecule has 1 aromatic heterocycles. The van der Waals surface area contributed by atoms with Gasteiger partial charge in [0.05, 0.1) is 5.69 Å². The van der Waals surface area contributed by atoms with Crippen LogP contribution in [0.1, 0.15) is 16.7 Å². The summed E-state index contributed by atoms with van der Waals surface area (Å²) in [4.78, 5) is 4.88. The number of hydrogen-bond acceptors (Lipinski definition) is 1. The van der Waals surface area contributed by atoms with E-state index in [1.165, 1.54) is 38.5 Å². The second kappa shape index (κ2) is 5.07. The van der Waals surface area contributed by atoms with Crippen molar-refractivity contribution in [1.29, 1.82) is 0 Å². The van der Waals surface area contributed by atoms with Gasteiger partial charge in [-0.15, -0.1) is 0 Å². The topological polar surface area (TPSA) is 12.9 Å². The van der Waals surface area contributed by atoms with Crippen molar-refractivity contribution in [2.45, 2.75) is 20.8 Å². The Morgan fingerprint density at radius 3 is 2.10 bits per heavy atom. The maximum absolute atomic E-state index is 4.88. The summed E-state index contributed by atoms with van der Waals surface area (Å²) in [7, 11) is 4.26. The molecule has 0 aliphatic heterocycles. The third-order valence-corrected chi connectivity index (χ3v) is 4.15. The molecule has 21 heavy (non-hydrogen) atoms. The van der Waals surface area contributed by atoms with Crippen molar-refractivity contribution in [2.75, 3.05) is 0 Å². The number of hydrogen-bond donors (Lipinski definition) is 0. The predicted octanol–water partition coefficient (Wildman–Crippen LogP) is 1.34. The molecule has 0 aliphatic rings. The lowest BCUT2D eigenvalue weighted by Crippen LogP contribution is -2.30. The van der Waals surface area contributed by atoms with Crippen LogP contribution in [0.25, 0.3) is 22.0 Å². The van der Waals surface area contributed by atoms with E-state index in [-0.39, 0.29) is 0 Å². The number of pyridine rings is 1. The van der Waals surface area contributed by atoms with Crippen LogP contribution in [0.4, 0.5) is 0 Å². The van der Waals surface area contributed by atoms with Gasteiger partial charge in [-0.2, -0.15) is 0 Å². The molecule has 0 atom stereocenters. The summed E-state index contributed by atoms with van der Waals surface area (Å²) in [6, 6.07) is 13.3. The highest BCUT2D eigenvalue weighted by Crippen LogP contribution is 2.27. The fourth-order valence-corrected chi connectivity index (χ4v) is 3.01. The standard InChI is InChI=1S/C18H19B2N/c1-10-4-5-14-15(9-10)16(19)18(20)21-17(14)13-7-11(2)6-12(3)8-13/h4-9H,19-20H2,1-3H3. The molecule has 3 rings (SSSR count). The van der Waals surface area contributed by atoms with Crippen molar-refractivity contribution in [2.24, 2.45) is 0 Å². The van der Waals surface area contributed by atoms with Crippen molar-refractivity contribution in [1.82, 2.24) is 4.98 Å². The first-order valence-electron chi connectivity index (χ1n) is 7.42. The highest BCUT2D eigenvalue weighted by atomic mass is 14.7. The fraction of sp³-hybridized carbons (Fsp3) is 0.167. The Labute approximate surface area is 128 Å². The summed E-state index contributed by atoms with van der Waals surface area (Å²) < 4.78 is 0. The van der Waals surface area contributed by atoms with Crippen molar-refractivity contribution < 1.29 is 0 Å². The van der Waals surface area contributed by atoms with Crippen LogP contribution < -0.4 is 11.1 Å². The van der Waals surface area contributed by atoms with Gasteiger partial charge >= 0.3 is 0 Å². The lowest BCUT2D eigenvalue weighted by molar-refractivity contribution is 1.35. The van der Waals surface area contributed by atoms with Crippen LogP contribution in [-0.4, -0.2) is 20.7 Å². The average molecular weight is 271 g/mol. The summed E-state index contributed by atoms with van der Waals surface area (Å²) in [6.45, 7) is 6.43. The Morgan fingerprint density at radius 2 is 1.43 bits per heavy atom. The second-order valence-electron chi connectivity index (χ2n) is 6.10. The van der Waals surface area contributed by atoms with Gasteiger partial charge in [-0.25, -0.2) is 0 Å². The van der Waals surface area contributed by atoms with E-state index in [0.717, 1.165) is 11.3 Å². The van der Waals surface area contributed by atoms with E-state index in [2.05, 4.69) is 72.9 Å². The van der Waals surface area contributed by atoms with Gasteiger partial charge in [0.25, 0.3) is 0 Å². The summed E-state index contributed by atoms with van der Waals surface area (Å²) in [5, 5.41) is 2.56. The largest absolute Gasteiger partial charge is 0.264 e. The number of nitrogens with zero attached hydrogens (tertiary/aromatic N) is 1. The minimum atomic E-state index is 1.10. The Hall–Kier alpha value is -2.02. The van der Waals surface area contributed by atoms with E-state index in [1.807, 2.05) is 0 Å². The summed E-state index contributed by atoms with van der Waals surface area (Å²) >= 11 is 0. The molecule has 0 N–H and O–H groups in total. The minimum absolute atomic E-state index is 1.10. The molecule has 0 saturated heterocycles. The van der Waals surface area contributed by atoms with E-state index in [9.17, 15) is 0 Å². The molecule has 0 aliphatic carbocycles. The van der Waals surface area contributed by atoms with E-state index in [1.54, 1.807) is 0 Å². The van der Waals surface area contributed by atoms with Gasteiger partial charge in [-0.1, -0.05) is 46.4 Å². The maximum Gasteiger partial charge on any atom is 0.163 e. The SMILES string of the molecule is Bc1nc(-c2cc(C)cc(C)c2)c2ccc(C)cc2c1B. The van der Waals surface area contributed by atoms with E-state index < -0.39 is 0 Å². The predicted molar refractivity (Wildman–Crippen MR) is 97.7 cm³/mol. The highest BCUT2D eigenvalue weighted by Gasteiger charge is 2.11. The Kier molecular flexibility index (Phi) is 3.36. The molecule has 2 aromatic carbocycles. The van der Waals surface area contributed by atoms with Crippen molar-refractivity contribution in [3.8, 4) is 11.3 Å². The van der Waals surface area contributed by atoms with Crippen molar-refractivity contribution >= 4 is 37.5 Å². The molecule has 0 bridgehead atoms. The molecule has 3 aromatic rings. The van der Waals surface area contributed by atoms with Gasteiger partial charge < -0.3 is 0 Å². The monoisotopic (exact) mass is 271 g/mol. The smallest absolute Gasteiger partial charge is 0.163 e. The number of aromatic nitrogens is 1. The zero-order valence-corrected chi connectivity index (χ0v) is 13.4. The second-order valence-corrected chi connectivity index (χ2v) is 6.10. The van der Waals surface area contributed by atoms with Crippen LogP contribution >= 0.6 is 0 Å². The van der Waals surface area contributed by atoms with Crippen LogP contribution in [-0.2, 0) is 0 Å². The normalized spacial score (nSPS) is 11.0. The summed E-state index contributed by atoms with van der Waals surface area (Å²) in [6.07, 6.45) is 0. The molecular weight excluding hydrogens is 252 g/mol. The highest BCUT2D eigenvalue weighted by molar-refractivity contribution is 6.52. The van der Waals surface area contributed by atoms with Gasteiger partial charge in [-0.3, -0.25) is 4.98 Å². The zero-order valence-electron chi connectivity index (χ0n) is 13.4. The molecule has 3 heteroatoms. The minimum Gasteiger partial charge on any atom is -0.264 e. The quantitative estimate of drug-likeness (QED) is 0.609. The number of benzene rings is 2. The zero-order chi connectivity index (χ0) is 15.1. The van der Waals surface area contributed by atoms with Gasteiger partial charge in [0.2, 0.25) is 0 Å². The van der Waals surface area contributed by atoms with Crippen LogP contribution in [0.15, 0.2) is 36.4 Å². The van der Waals surface area contributed by atoms with E-state index in [4.69, 9.17) is 4.98 Å². The molecule has 0 radical (unpaired) electrons. The van der Waals surface area contributed by atoms with Crippen LogP contribution in [0.2, 0.25) is 0 Å². The number of aryl methyl sites for hydroxylation is 3. The van der Waals surface area contributed by atoms with Crippen molar-refractivity contribution in [3.05, 3.63) is 53.1 Å². The molecular formula is C18H19B2N. The summed E-state index contributed by atoms with van der Waals surface area (Å²) in [5.74, 6) is 0. The summed E-state index contributed by atoms with van der Waals surface area (Å²) in [5.41, 5.74) is 8.56. The Morgan fingerprint density at radius 1 is 0.762 bits per heavy atom. The molecule has 0 amide bonds. The molecule has 1 nitrogen and oxygen atoms in total. The van der Waals surface area contributed by atoms with Gasteiger partial charge in [0, 0.05) is 10.9 Å². The Bertz CT molecular complexity index is 833. The fourth-order valence-electron chi connectivity index (χ4n) is 3.01. The van der Waals surface area contributed by atoms with Crippen LogP contribution in [0.5, 0.6) is 0 Å². The van der Waals surface area contributed by atoms with Crippen LogP contribution in [0.3, 0.4) is 0 Å². The molecule has 0 spiro atoms. The molecule has 0 unspecified atom stereocenters. The lowest BCUT2D eigenvalue weighted by Gasteiger charge is -2.13. The van der Waals surface area contributed by atoms with Gasteiger partial charge in [0.15, 0.2) is 7.85 Å². The van der Waals surface area contributed by atoms with Gasteiger partial charge in [0.1, 0.15) is 7.85 Å². The first-order valence-corrected chi connectivity index (χ1v) is 7.42. The molecule has 1 heterocycles. The number of rotatable bonds is 1. The molecule has 0 fully saturated rings. The number of fused-ring (bicyclic) bond motifs is 1. The third-order valence-electron chi connectivity index (χ3n) is 4.15. The Balaban J connectivity index is 2.39. The first-order chi connectivity index (χ1) is 9.95. The first kappa shape index (κ1) is 13.9.